The van der Waals surface area contributed by atoms with Crippen molar-refractivity contribution in [1.29, 1.82) is 0 Å². The van der Waals surface area contributed by atoms with Crippen LogP contribution in [0.3, 0.4) is 0 Å². The average Bonchev–Trinajstić information content (AvgIpc) is 2.38. The summed E-state index contributed by atoms with van der Waals surface area (Å²) in [4.78, 5) is 6.95. The highest BCUT2D eigenvalue weighted by molar-refractivity contribution is 5.04. The molecule has 2 rings (SSSR count). The summed E-state index contributed by atoms with van der Waals surface area (Å²) >= 11 is 0. The SMILES string of the molecule is CC1CCCC(CN)N1CCc1ccccn1. The number of likely N-dealkylation sites (tertiary alicyclic amines) is 1. The van der Waals surface area contributed by atoms with Gasteiger partial charge in [-0.15, -0.1) is 0 Å². The normalized spacial score (nSPS) is 26.0. The Bertz CT molecular complexity index is 325. The molecule has 2 atom stereocenters. The molecule has 1 aromatic rings. The topological polar surface area (TPSA) is 42.1 Å². The molecule has 0 spiro atoms. The molecule has 94 valence electrons. The van der Waals surface area contributed by atoms with Gasteiger partial charge in [0.15, 0.2) is 0 Å². The van der Waals surface area contributed by atoms with Gasteiger partial charge in [-0.1, -0.05) is 12.5 Å². The second-order valence-corrected chi connectivity index (χ2v) is 4.98. The van der Waals surface area contributed by atoms with Gasteiger partial charge in [0.1, 0.15) is 0 Å². The van der Waals surface area contributed by atoms with E-state index in [1.165, 1.54) is 25.0 Å². The molecule has 0 aromatic carbocycles. The third-order valence-electron chi connectivity index (χ3n) is 3.82. The summed E-state index contributed by atoms with van der Waals surface area (Å²) in [6.07, 6.45) is 6.78. The molecule has 2 heterocycles. The number of hydrogen-bond acceptors (Lipinski definition) is 3. The van der Waals surface area contributed by atoms with E-state index in [4.69, 9.17) is 5.73 Å². The van der Waals surface area contributed by atoms with Crippen LogP contribution in [-0.2, 0) is 6.42 Å². The van der Waals surface area contributed by atoms with Gasteiger partial charge in [-0.05, 0) is 31.9 Å². The lowest BCUT2D eigenvalue weighted by Gasteiger charge is -2.40. The van der Waals surface area contributed by atoms with Crippen molar-refractivity contribution in [3.05, 3.63) is 30.1 Å². The first kappa shape index (κ1) is 12.5. The number of pyridine rings is 1. The highest BCUT2D eigenvalue weighted by Crippen LogP contribution is 2.22. The number of aromatic nitrogens is 1. The molecule has 1 aliphatic rings. The van der Waals surface area contributed by atoms with Crippen LogP contribution in [0.25, 0.3) is 0 Å². The summed E-state index contributed by atoms with van der Waals surface area (Å²) in [5, 5.41) is 0. The predicted molar refractivity (Wildman–Crippen MR) is 70.8 cm³/mol. The maximum absolute atomic E-state index is 5.87. The third kappa shape index (κ3) is 3.27. The van der Waals surface area contributed by atoms with E-state index in [0.717, 1.165) is 19.5 Å². The molecule has 1 fully saturated rings. The first-order chi connectivity index (χ1) is 8.31. The van der Waals surface area contributed by atoms with E-state index >= 15 is 0 Å². The summed E-state index contributed by atoms with van der Waals surface area (Å²) in [6.45, 7) is 4.19. The maximum Gasteiger partial charge on any atom is 0.0416 e. The molecule has 17 heavy (non-hydrogen) atoms. The van der Waals surface area contributed by atoms with Crippen molar-refractivity contribution < 1.29 is 0 Å². The predicted octanol–water partition coefficient (Wildman–Crippen LogP) is 1.83. The van der Waals surface area contributed by atoms with Gasteiger partial charge in [0.05, 0.1) is 0 Å². The molecule has 0 aliphatic carbocycles. The van der Waals surface area contributed by atoms with Gasteiger partial charge in [-0.3, -0.25) is 9.88 Å². The summed E-state index contributed by atoms with van der Waals surface area (Å²) < 4.78 is 0. The van der Waals surface area contributed by atoms with E-state index in [1.54, 1.807) is 0 Å². The fourth-order valence-corrected chi connectivity index (χ4v) is 2.79. The molecule has 1 aliphatic heterocycles. The fraction of sp³-hybridized carbons (Fsp3) is 0.643. The van der Waals surface area contributed by atoms with E-state index in [-0.39, 0.29) is 0 Å². The quantitative estimate of drug-likeness (QED) is 0.862. The highest BCUT2D eigenvalue weighted by atomic mass is 15.2. The van der Waals surface area contributed by atoms with Crippen molar-refractivity contribution in [3.8, 4) is 0 Å². The molecule has 0 saturated carbocycles. The Hall–Kier alpha value is -0.930. The zero-order valence-corrected chi connectivity index (χ0v) is 10.7. The smallest absolute Gasteiger partial charge is 0.0416 e. The third-order valence-corrected chi connectivity index (χ3v) is 3.82. The molecule has 1 saturated heterocycles. The Morgan fingerprint density at radius 3 is 3.00 bits per heavy atom. The summed E-state index contributed by atoms with van der Waals surface area (Å²) in [5.74, 6) is 0. The molecule has 2 N–H and O–H groups in total. The van der Waals surface area contributed by atoms with E-state index < -0.39 is 0 Å². The van der Waals surface area contributed by atoms with Crippen molar-refractivity contribution in [2.45, 2.75) is 44.7 Å². The zero-order chi connectivity index (χ0) is 12.1. The first-order valence-electron chi connectivity index (χ1n) is 6.67. The van der Waals surface area contributed by atoms with E-state index in [0.29, 0.717) is 12.1 Å². The Balaban J connectivity index is 1.92. The molecule has 3 heteroatoms. The minimum Gasteiger partial charge on any atom is -0.329 e. The summed E-state index contributed by atoms with van der Waals surface area (Å²) in [6, 6.07) is 7.37. The van der Waals surface area contributed by atoms with Gasteiger partial charge in [0.25, 0.3) is 0 Å². The second-order valence-electron chi connectivity index (χ2n) is 4.98. The standard InChI is InChI=1S/C14H23N3/c1-12-5-4-7-14(11-15)17(12)10-8-13-6-2-3-9-16-13/h2-3,6,9,12,14H,4-5,7-8,10-11,15H2,1H3. The van der Waals surface area contributed by atoms with Crippen LogP contribution in [0.15, 0.2) is 24.4 Å². The molecule has 0 radical (unpaired) electrons. The van der Waals surface area contributed by atoms with Crippen molar-refractivity contribution in [2.24, 2.45) is 5.73 Å². The number of nitrogens with zero attached hydrogens (tertiary/aromatic N) is 2. The Labute approximate surface area is 104 Å². The van der Waals surface area contributed by atoms with E-state index in [2.05, 4.69) is 28.9 Å². The number of rotatable bonds is 4. The van der Waals surface area contributed by atoms with E-state index in [1.807, 2.05) is 12.3 Å². The average molecular weight is 233 g/mol. The van der Waals surface area contributed by atoms with Crippen LogP contribution in [-0.4, -0.2) is 35.1 Å². The minimum absolute atomic E-state index is 0.572. The molecule has 0 bridgehead atoms. The van der Waals surface area contributed by atoms with Crippen molar-refractivity contribution in [2.75, 3.05) is 13.1 Å². The zero-order valence-electron chi connectivity index (χ0n) is 10.7. The van der Waals surface area contributed by atoms with Crippen LogP contribution in [0.1, 0.15) is 31.9 Å². The lowest BCUT2D eigenvalue weighted by Crippen LogP contribution is -2.49. The number of hydrogen-bond donors (Lipinski definition) is 1. The first-order valence-corrected chi connectivity index (χ1v) is 6.67. The van der Waals surface area contributed by atoms with Crippen LogP contribution in [0.5, 0.6) is 0 Å². The lowest BCUT2D eigenvalue weighted by molar-refractivity contribution is 0.0985. The Kier molecular flexibility index (Phi) is 4.51. The number of nitrogens with two attached hydrogens (primary N) is 1. The van der Waals surface area contributed by atoms with Crippen LogP contribution < -0.4 is 5.73 Å². The molecule has 2 unspecified atom stereocenters. The monoisotopic (exact) mass is 233 g/mol. The summed E-state index contributed by atoms with van der Waals surface area (Å²) in [5.41, 5.74) is 7.05. The van der Waals surface area contributed by atoms with Crippen molar-refractivity contribution in [3.63, 3.8) is 0 Å². The van der Waals surface area contributed by atoms with E-state index in [9.17, 15) is 0 Å². The van der Waals surface area contributed by atoms with Gasteiger partial charge in [0.2, 0.25) is 0 Å². The van der Waals surface area contributed by atoms with Gasteiger partial charge in [-0.25, -0.2) is 0 Å². The Morgan fingerprint density at radius 1 is 1.41 bits per heavy atom. The highest BCUT2D eigenvalue weighted by Gasteiger charge is 2.26. The molecule has 1 aromatic heterocycles. The van der Waals surface area contributed by atoms with Crippen LogP contribution in [0.4, 0.5) is 0 Å². The molecule has 3 nitrogen and oxygen atoms in total. The van der Waals surface area contributed by atoms with Crippen LogP contribution in [0, 0.1) is 0 Å². The van der Waals surface area contributed by atoms with Gasteiger partial charge >= 0.3 is 0 Å². The van der Waals surface area contributed by atoms with Gasteiger partial charge < -0.3 is 5.73 Å². The lowest BCUT2D eigenvalue weighted by atomic mass is 9.96. The van der Waals surface area contributed by atoms with Crippen molar-refractivity contribution in [1.82, 2.24) is 9.88 Å². The minimum atomic E-state index is 0.572. The fourth-order valence-electron chi connectivity index (χ4n) is 2.79. The molecular weight excluding hydrogens is 210 g/mol. The summed E-state index contributed by atoms with van der Waals surface area (Å²) in [7, 11) is 0. The largest absolute Gasteiger partial charge is 0.329 e. The maximum atomic E-state index is 5.87. The Morgan fingerprint density at radius 2 is 2.29 bits per heavy atom. The van der Waals surface area contributed by atoms with Gasteiger partial charge in [0, 0.05) is 43.5 Å². The van der Waals surface area contributed by atoms with Gasteiger partial charge in [-0.2, -0.15) is 0 Å². The molecule has 0 amide bonds. The number of piperidine rings is 1. The second kappa shape index (κ2) is 6.12. The van der Waals surface area contributed by atoms with Crippen molar-refractivity contribution >= 4 is 0 Å². The molecular formula is C14H23N3. The van der Waals surface area contributed by atoms with Crippen LogP contribution >= 0.6 is 0 Å². The van der Waals surface area contributed by atoms with Crippen LogP contribution in [0.2, 0.25) is 0 Å².